The molecule has 4 heteroatoms. The van der Waals surface area contributed by atoms with Crippen molar-refractivity contribution in [3.63, 3.8) is 0 Å². The van der Waals surface area contributed by atoms with Crippen LogP contribution in [0, 0.1) is 0 Å². The van der Waals surface area contributed by atoms with Crippen LogP contribution in [0.4, 0.5) is 0 Å². The molecule has 3 rings (SSSR count). The van der Waals surface area contributed by atoms with E-state index >= 15 is 0 Å². The highest BCUT2D eigenvalue weighted by Crippen LogP contribution is 2.18. The molecule has 2 fully saturated rings. The molecule has 0 spiro atoms. The van der Waals surface area contributed by atoms with Gasteiger partial charge in [0.2, 0.25) is 0 Å². The quantitative estimate of drug-likeness (QED) is 0.906. The molecule has 2 aliphatic heterocycles. The Kier molecular flexibility index (Phi) is 4.90. The van der Waals surface area contributed by atoms with E-state index in [0.717, 1.165) is 64.5 Å². The van der Waals surface area contributed by atoms with Crippen molar-refractivity contribution >= 4 is 0 Å². The Balaban J connectivity index is 1.51. The van der Waals surface area contributed by atoms with Crippen LogP contribution in [0.25, 0.3) is 0 Å². The highest BCUT2D eigenvalue weighted by atomic mass is 16.5. The van der Waals surface area contributed by atoms with Crippen LogP contribution in [-0.4, -0.2) is 50.4 Å². The van der Waals surface area contributed by atoms with E-state index in [-0.39, 0.29) is 6.10 Å². The van der Waals surface area contributed by atoms with Crippen molar-refractivity contribution in [3.05, 3.63) is 29.8 Å². The zero-order chi connectivity index (χ0) is 13.6. The van der Waals surface area contributed by atoms with Gasteiger partial charge in [-0.05, 0) is 30.5 Å². The lowest BCUT2D eigenvalue weighted by Gasteiger charge is -2.27. The molecule has 0 amide bonds. The van der Waals surface area contributed by atoms with Crippen molar-refractivity contribution in [2.45, 2.75) is 25.5 Å². The first-order valence-electron chi connectivity index (χ1n) is 7.66. The summed E-state index contributed by atoms with van der Waals surface area (Å²) in [5.41, 5.74) is 1.36. The fourth-order valence-electron chi connectivity index (χ4n) is 2.80. The van der Waals surface area contributed by atoms with Crippen LogP contribution in [-0.2, 0) is 11.3 Å². The molecule has 0 bridgehead atoms. The second kappa shape index (κ2) is 7.07. The Morgan fingerprint density at radius 2 is 2.00 bits per heavy atom. The van der Waals surface area contributed by atoms with E-state index in [1.807, 2.05) is 0 Å². The molecule has 0 saturated carbocycles. The summed E-state index contributed by atoms with van der Waals surface area (Å²) in [6, 6.07) is 8.54. The fourth-order valence-corrected chi connectivity index (χ4v) is 2.80. The van der Waals surface area contributed by atoms with Crippen molar-refractivity contribution in [1.29, 1.82) is 0 Å². The van der Waals surface area contributed by atoms with Gasteiger partial charge in [-0.15, -0.1) is 0 Å². The highest BCUT2D eigenvalue weighted by molar-refractivity contribution is 5.27. The van der Waals surface area contributed by atoms with Crippen LogP contribution in [0.3, 0.4) is 0 Å². The van der Waals surface area contributed by atoms with E-state index in [0.29, 0.717) is 0 Å². The van der Waals surface area contributed by atoms with Gasteiger partial charge in [-0.3, -0.25) is 4.90 Å². The predicted octanol–water partition coefficient (Wildman–Crippen LogP) is 1.65. The number of ether oxygens (including phenoxy) is 2. The van der Waals surface area contributed by atoms with Gasteiger partial charge in [0.15, 0.2) is 0 Å². The minimum atomic E-state index is 0.225. The van der Waals surface area contributed by atoms with Gasteiger partial charge in [0.05, 0.1) is 6.61 Å². The lowest BCUT2D eigenvalue weighted by molar-refractivity contribution is 0.00742. The summed E-state index contributed by atoms with van der Waals surface area (Å²) >= 11 is 0. The van der Waals surface area contributed by atoms with Crippen molar-refractivity contribution in [2.24, 2.45) is 0 Å². The Hall–Kier alpha value is -1.10. The Morgan fingerprint density at radius 1 is 1.20 bits per heavy atom. The van der Waals surface area contributed by atoms with Gasteiger partial charge >= 0.3 is 0 Å². The highest BCUT2D eigenvalue weighted by Gasteiger charge is 2.15. The third-order valence-corrected chi connectivity index (χ3v) is 3.96. The average molecular weight is 276 g/mol. The van der Waals surface area contributed by atoms with Crippen molar-refractivity contribution in [2.75, 3.05) is 39.4 Å². The van der Waals surface area contributed by atoms with Crippen LogP contribution in [0.5, 0.6) is 5.75 Å². The van der Waals surface area contributed by atoms with Gasteiger partial charge < -0.3 is 14.8 Å². The SMILES string of the molecule is c1cc(OC2CCCOC2)ccc1CN1CCNCC1. The minimum absolute atomic E-state index is 0.225. The number of piperazine rings is 1. The Labute approximate surface area is 121 Å². The van der Waals surface area contributed by atoms with Gasteiger partial charge in [0.25, 0.3) is 0 Å². The first-order valence-corrected chi connectivity index (χ1v) is 7.66. The summed E-state index contributed by atoms with van der Waals surface area (Å²) in [6.45, 7) is 7.11. The number of hydrogen-bond donors (Lipinski definition) is 1. The number of nitrogens with one attached hydrogen (secondary N) is 1. The Bertz CT molecular complexity index is 356. The third kappa shape index (κ3) is 3.95. The average Bonchev–Trinajstić information content (AvgIpc) is 2.51. The molecule has 1 aromatic carbocycles. The standard InChI is InChI=1S/C16H24N2O2/c1-2-16(13-19-11-1)20-15-5-3-14(4-6-15)12-18-9-7-17-8-10-18/h3-6,16-17H,1-2,7-13H2. The summed E-state index contributed by atoms with van der Waals surface area (Å²) in [4.78, 5) is 2.49. The van der Waals surface area contributed by atoms with Crippen LogP contribution < -0.4 is 10.1 Å². The van der Waals surface area contributed by atoms with E-state index in [2.05, 4.69) is 34.5 Å². The maximum absolute atomic E-state index is 5.95. The molecule has 2 aliphatic rings. The molecule has 1 atom stereocenters. The molecule has 110 valence electrons. The molecular formula is C16H24N2O2. The molecule has 4 nitrogen and oxygen atoms in total. The molecule has 0 aromatic heterocycles. The van der Waals surface area contributed by atoms with Crippen molar-refractivity contribution in [1.82, 2.24) is 10.2 Å². The summed E-state index contributed by atoms with van der Waals surface area (Å²) in [5.74, 6) is 0.963. The monoisotopic (exact) mass is 276 g/mol. The summed E-state index contributed by atoms with van der Waals surface area (Å²) in [6.07, 6.45) is 2.43. The molecule has 20 heavy (non-hydrogen) atoms. The largest absolute Gasteiger partial charge is 0.488 e. The summed E-state index contributed by atoms with van der Waals surface area (Å²) in [5, 5.41) is 3.38. The van der Waals surface area contributed by atoms with Gasteiger partial charge in [-0.1, -0.05) is 12.1 Å². The van der Waals surface area contributed by atoms with Crippen LogP contribution in [0.2, 0.25) is 0 Å². The molecule has 0 radical (unpaired) electrons. The molecule has 0 aliphatic carbocycles. The van der Waals surface area contributed by atoms with Crippen molar-refractivity contribution in [3.8, 4) is 5.75 Å². The molecule has 1 aromatic rings. The number of rotatable bonds is 4. The van der Waals surface area contributed by atoms with Crippen LogP contribution in [0.1, 0.15) is 18.4 Å². The molecule has 2 saturated heterocycles. The third-order valence-electron chi connectivity index (χ3n) is 3.96. The number of hydrogen-bond acceptors (Lipinski definition) is 4. The van der Waals surface area contributed by atoms with Crippen molar-refractivity contribution < 1.29 is 9.47 Å². The Morgan fingerprint density at radius 3 is 2.70 bits per heavy atom. The summed E-state index contributed by atoms with van der Waals surface area (Å²) < 4.78 is 11.4. The topological polar surface area (TPSA) is 33.7 Å². The summed E-state index contributed by atoms with van der Waals surface area (Å²) in [7, 11) is 0. The minimum Gasteiger partial charge on any atom is -0.488 e. The molecule has 1 N–H and O–H groups in total. The zero-order valence-electron chi connectivity index (χ0n) is 12.0. The smallest absolute Gasteiger partial charge is 0.122 e. The van der Waals surface area contributed by atoms with Gasteiger partial charge in [-0.25, -0.2) is 0 Å². The van der Waals surface area contributed by atoms with Crippen LogP contribution >= 0.6 is 0 Å². The number of nitrogens with zero attached hydrogens (tertiary/aromatic N) is 1. The second-order valence-corrected chi connectivity index (χ2v) is 5.63. The molecular weight excluding hydrogens is 252 g/mol. The first kappa shape index (κ1) is 13.9. The lowest BCUT2D eigenvalue weighted by Crippen LogP contribution is -2.42. The van der Waals surface area contributed by atoms with E-state index in [1.165, 1.54) is 5.56 Å². The molecule has 1 unspecified atom stereocenters. The molecule has 2 heterocycles. The van der Waals surface area contributed by atoms with E-state index < -0.39 is 0 Å². The predicted molar refractivity (Wildman–Crippen MR) is 79.1 cm³/mol. The fraction of sp³-hybridized carbons (Fsp3) is 0.625. The second-order valence-electron chi connectivity index (χ2n) is 5.63. The number of benzene rings is 1. The normalized spacial score (nSPS) is 24.5. The maximum atomic E-state index is 5.95. The van der Waals surface area contributed by atoms with Gasteiger partial charge in [-0.2, -0.15) is 0 Å². The van der Waals surface area contributed by atoms with E-state index in [9.17, 15) is 0 Å². The first-order chi connectivity index (χ1) is 9.90. The lowest BCUT2D eigenvalue weighted by atomic mass is 10.1. The van der Waals surface area contributed by atoms with E-state index in [4.69, 9.17) is 9.47 Å². The van der Waals surface area contributed by atoms with E-state index in [1.54, 1.807) is 0 Å². The van der Waals surface area contributed by atoms with Gasteiger partial charge in [0, 0.05) is 39.3 Å². The van der Waals surface area contributed by atoms with Crippen LogP contribution in [0.15, 0.2) is 24.3 Å². The van der Waals surface area contributed by atoms with Gasteiger partial charge in [0.1, 0.15) is 11.9 Å². The zero-order valence-corrected chi connectivity index (χ0v) is 12.0. The maximum Gasteiger partial charge on any atom is 0.122 e.